The Morgan fingerprint density at radius 3 is 1.25 bits per heavy atom. The molecule has 0 aliphatic carbocycles. The van der Waals surface area contributed by atoms with Gasteiger partial charge >= 0.3 is 21.2 Å². The third kappa shape index (κ3) is 9.44. The molecule has 0 bridgehead atoms. The van der Waals surface area contributed by atoms with Crippen molar-refractivity contribution in [3.8, 4) is 0 Å². The summed E-state index contributed by atoms with van der Waals surface area (Å²) in [5.41, 5.74) is 0. The van der Waals surface area contributed by atoms with Crippen LogP contribution in [0, 0.1) is 14.3 Å². The van der Waals surface area contributed by atoms with Gasteiger partial charge < -0.3 is 9.11 Å². The minimum absolute atomic E-state index is 0.00353. The van der Waals surface area contributed by atoms with Gasteiger partial charge in [0.2, 0.25) is 0 Å². The van der Waals surface area contributed by atoms with Gasteiger partial charge in [-0.25, -0.2) is 0 Å². The van der Waals surface area contributed by atoms with Crippen LogP contribution in [0.4, 0.5) is 0 Å². The molecular formula is C12H8I3O4S-. The van der Waals surface area contributed by atoms with Crippen molar-refractivity contribution in [3.63, 3.8) is 0 Å². The zero-order valence-electron chi connectivity index (χ0n) is 9.79. The van der Waals surface area contributed by atoms with Gasteiger partial charge in [-0.15, -0.1) is 0 Å². The summed E-state index contributed by atoms with van der Waals surface area (Å²) in [6, 6.07) is 17.7. The Kier molecular flexibility index (Phi) is 8.18. The molecule has 0 unspecified atom stereocenters. The third-order valence-electron chi connectivity index (χ3n) is 1.83. The zero-order chi connectivity index (χ0) is 15.2. The molecule has 0 aromatic heterocycles. The molecule has 0 amide bonds. The molecule has 20 heavy (non-hydrogen) atoms. The van der Waals surface area contributed by atoms with Gasteiger partial charge in [-0.05, 0) is 93.7 Å². The molecule has 108 valence electrons. The summed E-state index contributed by atoms with van der Waals surface area (Å²) in [5, 5.41) is 0. The highest BCUT2D eigenvalue weighted by atomic mass is 127. The summed E-state index contributed by atoms with van der Waals surface area (Å²) in [5.74, 6) is 0. The molecule has 0 heterocycles. The Bertz CT molecular complexity index is 588. The number of rotatable bonds is 2. The van der Waals surface area contributed by atoms with Crippen LogP contribution in [-0.2, 0) is 10.4 Å². The molecule has 2 aromatic carbocycles. The van der Waals surface area contributed by atoms with E-state index in [9.17, 15) is 0 Å². The second-order valence-electron chi connectivity index (χ2n) is 3.38. The predicted molar refractivity (Wildman–Crippen MR) is 86.2 cm³/mol. The van der Waals surface area contributed by atoms with Crippen molar-refractivity contribution in [1.82, 2.24) is 0 Å². The van der Waals surface area contributed by atoms with Crippen molar-refractivity contribution in [2.45, 2.75) is 0 Å². The van der Waals surface area contributed by atoms with Crippen molar-refractivity contribution in [3.05, 3.63) is 62.8 Å². The van der Waals surface area contributed by atoms with Crippen LogP contribution < -0.4 is 21.2 Å². The number of benzene rings is 2. The van der Waals surface area contributed by atoms with E-state index in [0.717, 1.165) is 0 Å². The first-order valence-electron chi connectivity index (χ1n) is 5.07. The fraction of sp³-hybridized carbons (Fsp3) is 0. The molecule has 0 radical (unpaired) electrons. The van der Waals surface area contributed by atoms with Crippen LogP contribution in [0.1, 0.15) is 0 Å². The molecule has 0 atom stereocenters. The highest BCUT2D eigenvalue weighted by Gasteiger charge is 2.14. The second kappa shape index (κ2) is 8.82. The Morgan fingerprint density at radius 1 is 0.750 bits per heavy atom. The number of halogens is 3. The van der Waals surface area contributed by atoms with Crippen LogP contribution in [0.3, 0.4) is 0 Å². The lowest BCUT2D eigenvalue weighted by molar-refractivity contribution is -0.597. The van der Waals surface area contributed by atoms with E-state index >= 15 is 0 Å². The van der Waals surface area contributed by atoms with E-state index in [-0.39, 0.29) is 21.2 Å². The summed E-state index contributed by atoms with van der Waals surface area (Å²) in [6.07, 6.45) is 0. The summed E-state index contributed by atoms with van der Waals surface area (Å²) in [6.45, 7) is 0. The van der Waals surface area contributed by atoms with Crippen molar-refractivity contribution in [1.29, 1.82) is 0 Å². The van der Waals surface area contributed by atoms with Crippen LogP contribution >= 0.6 is 45.2 Å². The summed E-state index contributed by atoms with van der Waals surface area (Å²) >= 11 is 4.68. The first-order chi connectivity index (χ1) is 9.24. The summed E-state index contributed by atoms with van der Waals surface area (Å²) in [4.78, 5) is 0. The zero-order valence-corrected chi connectivity index (χ0v) is 17.1. The fourth-order valence-electron chi connectivity index (χ4n) is 1.11. The second-order valence-corrected chi connectivity index (χ2v) is 9.71. The molecule has 0 saturated carbocycles. The lowest BCUT2D eigenvalue weighted by atomic mass is 10.4. The van der Waals surface area contributed by atoms with Gasteiger partial charge in [0.25, 0.3) is 0 Å². The maximum absolute atomic E-state index is 8.52. The van der Waals surface area contributed by atoms with E-state index in [0.29, 0.717) is 0 Å². The summed E-state index contributed by atoms with van der Waals surface area (Å²) < 4.78 is 39.7. The Balaban J connectivity index is 0.000000347. The first-order valence-corrected chi connectivity index (χ1v) is 10.7. The largest absolute Gasteiger partial charge is 0.759 e. The van der Waals surface area contributed by atoms with Crippen molar-refractivity contribution >= 4 is 55.6 Å². The Morgan fingerprint density at radius 2 is 1.00 bits per heavy atom. The van der Waals surface area contributed by atoms with Crippen LogP contribution in [-0.4, -0.2) is 17.5 Å². The van der Waals surface area contributed by atoms with Crippen molar-refractivity contribution in [2.24, 2.45) is 0 Å². The number of hydrogen-bond acceptors (Lipinski definition) is 4. The highest BCUT2D eigenvalue weighted by molar-refractivity contribution is 14.1. The molecule has 0 N–H and O–H groups in total. The van der Waals surface area contributed by atoms with Crippen molar-refractivity contribution in [2.75, 3.05) is 0 Å². The van der Waals surface area contributed by atoms with Crippen LogP contribution in [0.5, 0.6) is 0 Å². The minimum Gasteiger partial charge on any atom is -0.759 e. The van der Waals surface area contributed by atoms with E-state index in [1.165, 1.54) is 14.3 Å². The molecular weight excluding hydrogens is 621 g/mol. The van der Waals surface area contributed by atoms with E-state index in [1.807, 2.05) is 0 Å². The molecule has 0 spiro atoms. The summed E-state index contributed by atoms with van der Waals surface area (Å²) in [7, 11) is -5.17. The van der Waals surface area contributed by atoms with Gasteiger partial charge in [0.1, 0.15) is 0 Å². The molecule has 8 heteroatoms. The van der Waals surface area contributed by atoms with Gasteiger partial charge in [-0.3, -0.25) is 8.42 Å². The lowest BCUT2D eigenvalue weighted by Crippen LogP contribution is -3.61. The topological polar surface area (TPSA) is 80.3 Å². The van der Waals surface area contributed by atoms with E-state index in [4.69, 9.17) is 17.5 Å². The fourth-order valence-corrected chi connectivity index (χ4v) is 3.99. The quantitative estimate of drug-likeness (QED) is 0.260. The van der Waals surface area contributed by atoms with Crippen LogP contribution in [0.25, 0.3) is 0 Å². The van der Waals surface area contributed by atoms with E-state index < -0.39 is 10.4 Å². The smallest absolute Gasteiger partial charge is 0.357 e. The molecule has 0 saturated heterocycles. The highest BCUT2D eigenvalue weighted by Crippen LogP contribution is 2.02. The average molecular weight is 629 g/mol. The molecule has 0 aliphatic heterocycles. The third-order valence-corrected chi connectivity index (χ3v) is 5.95. The predicted octanol–water partition coefficient (Wildman–Crippen LogP) is -0.314. The van der Waals surface area contributed by atoms with E-state index in [2.05, 4.69) is 93.7 Å². The van der Waals surface area contributed by atoms with Gasteiger partial charge in [0.15, 0.2) is 7.14 Å². The van der Waals surface area contributed by atoms with Gasteiger partial charge in [-0.2, -0.15) is 0 Å². The maximum atomic E-state index is 8.52. The Hall–Kier alpha value is 0.500. The number of hydrogen-bond donors (Lipinski definition) is 0. The average Bonchev–Trinajstić information content (AvgIpc) is 2.33. The SMILES string of the molecule is Ic1ccc([I+]c2ccc(I)cc2)cc1.O=S(=O)([O-])[O-]. The van der Waals surface area contributed by atoms with Crippen LogP contribution in [0.15, 0.2) is 48.5 Å². The van der Waals surface area contributed by atoms with Crippen LogP contribution in [0.2, 0.25) is 0 Å². The standard InChI is InChI=1S/C12H8I3.H2O4S/c13-9-1-5-11(6-2-9)15-12-7-3-10(14)4-8-12;1-5(2,3)4/h1-8H;(H2,1,2,3,4)/q+1;/p-2. The molecule has 2 rings (SSSR count). The monoisotopic (exact) mass is 629 g/mol. The molecule has 0 fully saturated rings. The van der Waals surface area contributed by atoms with Gasteiger partial charge in [-0.1, -0.05) is 0 Å². The van der Waals surface area contributed by atoms with Gasteiger partial charge in [0, 0.05) is 17.5 Å². The lowest BCUT2D eigenvalue weighted by Gasteiger charge is -2.06. The van der Waals surface area contributed by atoms with Crippen molar-refractivity contribution < 1.29 is 38.7 Å². The maximum Gasteiger partial charge on any atom is 0.357 e. The minimum atomic E-state index is -5.17. The molecule has 4 nitrogen and oxygen atoms in total. The normalized spacial score (nSPS) is 10.6. The molecule has 0 aliphatic rings. The van der Waals surface area contributed by atoms with Gasteiger partial charge in [0.05, 0.1) is 0 Å². The first kappa shape index (κ1) is 18.5. The Labute approximate surface area is 155 Å². The van der Waals surface area contributed by atoms with E-state index in [1.54, 1.807) is 0 Å². The molecule has 2 aromatic rings.